The summed E-state index contributed by atoms with van der Waals surface area (Å²) in [6, 6.07) is 17.3. The van der Waals surface area contributed by atoms with Crippen LogP contribution in [0.1, 0.15) is 60.8 Å². The largest absolute Gasteiger partial charge is 0.495 e. The summed E-state index contributed by atoms with van der Waals surface area (Å²) in [7, 11) is 2.16. The quantitative estimate of drug-likeness (QED) is 0.0452. The number of halogens is 3. The van der Waals surface area contributed by atoms with Gasteiger partial charge in [-0.25, -0.2) is 9.97 Å². The van der Waals surface area contributed by atoms with Crippen molar-refractivity contribution in [3.63, 3.8) is 0 Å². The summed E-state index contributed by atoms with van der Waals surface area (Å²) in [5.74, 6) is 2.59. The van der Waals surface area contributed by atoms with Gasteiger partial charge < -0.3 is 50.1 Å². The number of nitrogens with two attached hydrogens (primary N) is 1. The number of hydrogen-bond donors (Lipinski definition) is 4. The van der Waals surface area contributed by atoms with Crippen LogP contribution in [0.25, 0.3) is 22.3 Å². The summed E-state index contributed by atoms with van der Waals surface area (Å²) in [5.41, 5.74) is 19.8. The number of piperidine rings is 2. The zero-order valence-electron chi connectivity index (χ0n) is 54.2. The number of anilines is 9. The Morgan fingerprint density at radius 1 is 0.560 bits per heavy atom. The maximum absolute atomic E-state index is 13.3. The number of nitrogens with zero attached hydrogens (tertiary/aromatic N) is 12. The Morgan fingerprint density at radius 3 is 1.51 bits per heavy atom. The third-order valence-corrected chi connectivity index (χ3v) is 21.8. The molecule has 0 aliphatic carbocycles. The van der Waals surface area contributed by atoms with E-state index in [9.17, 15) is 9.13 Å². The second-order valence-electron chi connectivity index (χ2n) is 24.9. The molecule has 8 heterocycles. The van der Waals surface area contributed by atoms with Gasteiger partial charge in [0.15, 0.2) is 11.6 Å². The van der Waals surface area contributed by atoms with Gasteiger partial charge >= 0.3 is 0 Å². The second-order valence-corrected chi connectivity index (χ2v) is 32.3. The number of aryl methyl sites for hydroxylation is 4. The number of benzene rings is 4. The van der Waals surface area contributed by atoms with E-state index >= 15 is 0 Å². The average Bonchev–Trinajstić information content (AvgIpc) is 1.92. The van der Waals surface area contributed by atoms with Crippen LogP contribution in [0, 0.1) is 27.7 Å². The van der Waals surface area contributed by atoms with E-state index < -0.39 is 14.3 Å². The molecule has 0 saturated carbocycles. The monoisotopic (exact) mass is 1330 g/mol. The van der Waals surface area contributed by atoms with Crippen LogP contribution in [0.5, 0.6) is 11.5 Å². The summed E-state index contributed by atoms with van der Waals surface area (Å²) >= 11 is 18.4. The van der Waals surface area contributed by atoms with Gasteiger partial charge in [-0.2, -0.15) is 20.2 Å². The second kappa shape index (κ2) is 28.5. The van der Waals surface area contributed by atoms with Crippen molar-refractivity contribution in [1.29, 1.82) is 0 Å². The van der Waals surface area contributed by atoms with Crippen molar-refractivity contribution in [2.45, 2.75) is 78.3 Å². The molecule has 0 amide bonds. The number of rotatable bonds is 14. The average molecular weight is 1330 g/mol. The normalized spacial score (nSPS) is 17.0. The van der Waals surface area contributed by atoms with Crippen LogP contribution in [0.3, 0.4) is 0 Å². The van der Waals surface area contributed by atoms with Gasteiger partial charge in [0.1, 0.15) is 35.8 Å². The van der Waals surface area contributed by atoms with Crippen molar-refractivity contribution in [3.8, 4) is 33.8 Å². The first-order chi connectivity index (χ1) is 43.4. The van der Waals surface area contributed by atoms with E-state index in [1.807, 2.05) is 106 Å². The molecule has 4 aromatic heterocycles. The maximum atomic E-state index is 13.3. The molecule has 12 rings (SSSR count). The Balaban J connectivity index is 0.000000166. The summed E-state index contributed by atoms with van der Waals surface area (Å²) in [6.45, 7) is 23.7. The fourth-order valence-electron chi connectivity index (χ4n) is 13.0. The van der Waals surface area contributed by atoms with Gasteiger partial charge in [0.25, 0.3) is 0 Å². The number of nitrogens with one attached hydrogen (secondary N) is 3. The molecule has 0 unspecified atom stereocenters. The predicted octanol–water partition coefficient (Wildman–Crippen LogP) is 13.3. The zero-order chi connectivity index (χ0) is 65.1. The lowest BCUT2D eigenvalue weighted by Gasteiger charge is -2.45. The highest BCUT2D eigenvalue weighted by atomic mass is 35.5. The van der Waals surface area contributed by atoms with Crippen molar-refractivity contribution >= 4 is 111 Å². The van der Waals surface area contributed by atoms with Crippen LogP contribution in [-0.2, 0) is 23.2 Å². The van der Waals surface area contributed by atoms with Gasteiger partial charge in [0, 0.05) is 134 Å². The summed E-state index contributed by atoms with van der Waals surface area (Å²) < 4.78 is 41.0. The summed E-state index contributed by atoms with van der Waals surface area (Å²) in [6.07, 6.45) is 18.7. The van der Waals surface area contributed by atoms with Crippen LogP contribution in [0.2, 0.25) is 15.3 Å². The maximum Gasteiger partial charge on any atom is 0.229 e. The van der Waals surface area contributed by atoms with E-state index in [0.29, 0.717) is 51.1 Å². The van der Waals surface area contributed by atoms with Crippen LogP contribution in [0.15, 0.2) is 85.7 Å². The molecule has 2 atom stereocenters. The molecule has 0 radical (unpaired) electrons. The molecule has 91 heavy (non-hydrogen) atoms. The molecule has 4 saturated heterocycles. The first-order valence-corrected chi connectivity index (χ1v) is 37.2. The lowest BCUT2D eigenvalue weighted by molar-refractivity contribution is 0.133. The van der Waals surface area contributed by atoms with Gasteiger partial charge in [0.2, 0.25) is 11.2 Å². The van der Waals surface area contributed by atoms with Crippen LogP contribution < -0.4 is 51.6 Å². The Hall–Kier alpha value is -6.89. The van der Waals surface area contributed by atoms with Gasteiger partial charge in [-0.3, -0.25) is 19.2 Å². The highest BCUT2D eigenvalue weighted by Gasteiger charge is 2.33. The molecular formula is C66H85Cl3N16O4P2. The highest BCUT2D eigenvalue weighted by Crippen LogP contribution is 2.45. The van der Waals surface area contributed by atoms with E-state index in [0.717, 1.165) is 123 Å². The van der Waals surface area contributed by atoms with E-state index in [1.54, 1.807) is 47.1 Å². The molecule has 0 spiro atoms. The van der Waals surface area contributed by atoms with E-state index in [1.165, 1.54) is 63.5 Å². The third-order valence-electron chi connectivity index (χ3n) is 17.7. The number of methoxy groups -OCH3 is 2. The Morgan fingerprint density at radius 2 is 1.03 bits per heavy atom. The number of fused-ring (bicyclic) bond motifs is 2. The van der Waals surface area contributed by atoms with E-state index in [4.69, 9.17) is 55.0 Å². The Labute approximate surface area is 550 Å². The number of aromatic nitrogens is 8. The van der Waals surface area contributed by atoms with Crippen molar-refractivity contribution in [2.75, 3.05) is 125 Å². The standard InChI is InChI=1S/C33H42ClN8O2P.C19H27N5O.C14H16Cl2N3OP/c1-21-10-11-27(31(22(21)2)45(5,6)43)37-32-26(34)18-35-33(39-32)38-28-15-25(23-17-36-40(3)19-23)29(16-30(28)44-4)42-14-13-41-12-8-7-9-24(41)20-42;1-22-12-14(11-21-22)16-9-17(20)19(25-2)10-18(16)24-8-7-23-6-4-3-5-15(23)13-24;1-8-5-6-11(12(9(8)2)21(3,4)20)18-13-10(15)7-17-14(16)19-13/h10-11,15-19,24H,7-9,12-14,20H2,1-6H3,(H2,35,37,38,39);9-12,15H,3-8,13,20H2,1-2H3;5-7H,1-4H3,(H,17,18,19)/t24-;15-;/m11./s1. The molecule has 5 N–H and O–H groups in total. The first-order valence-electron chi connectivity index (χ1n) is 30.9. The lowest BCUT2D eigenvalue weighted by Crippen LogP contribution is -2.55. The Kier molecular flexibility index (Phi) is 21.0. The van der Waals surface area contributed by atoms with E-state index in [-0.39, 0.29) is 5.28 Å². The van der Waals surface area contributed by atoms with E-state index in [2.05, 4.69) is 78.9 Å². The smallest absolute Gasteiger partial charge is 0.229 e. The molecule has 4 fully saturated rings. The Bertz CT molecular complexity index is 4040. The van der Waals surface area contributed by atoms with Gasteiger partial charge in [-0.05, 0) is 151 Å². The lowest BCUT2D eigenvalue weighted by atomic mass is 9.97. The predicted molar refractivity (Wildman–Crippen MR) is 377 cm³/mol. The van der Waals surface area contributed by atoms with Crippen molar-refractivity contribution in [1.82, 2.24) is 49.3 Å². The minimum absolute atomic E-state index is 0.100. The topological polar surface area (TPSA) is 215 Å². The zero-order valence-corrected chi connectivity index (χ0v) is 58.3. The molecule has 20 nitrogen and oxygen atoms in total. The molecule has 25 heteroatoms. The van der Waals surface area contributed by atoms with Crippen molar-refractivity contribution in [2.24, 2.45) is 14.1 Å². The van der Waals surface area contributed by atoms with Crippen LogP contribution >= 0.6 is 49.1 Å². The van der Waals surface area contributed by atoms with Crippen molar-refractivity contribution in [3.05, 3.63) is 123 Å². The van der Waals surface area contributed by atoms with Gasteiger partial charge in [-0.1, -0.05) is 48.2 Å². The molecule has 4 aliphatic heterocycles. The molecule has 484 valence electrons. The molecule has 8 aromatic rings. The number of piperazine rings is 2. The highest BCUT2D eigenvalue weighted by molar-refractivity contribution is 7.71. The molecule has 4 aromatic carbocycles. The number of ether oxygens (including phenoxy) is 2. The minimum Gasteiger partial charge on any atom is -0.495 e. The van der Waals surface area contributed by atoms with Crippen molar-refractivity contribution < 1.29 is 18.6 Å². The minimum atomic E-state index is -2.60. The third kappa shape index (κ3) is 15.6. The van der Waals surface area contributed by atoms with Crippen LogP contribution in [0.4, 0.5) is 51.7 Å². The number of hydrogen-bond acceptors (Lipinski definition) is 18. The fraction of sp³-hybridized carbons (Fsp3) is 0.424. The first kappa shape index (κ1) is 67.0. The summed E-state index contributed by atoms with van der Waals surface area (Å²) in [5, 5.41) is 21.0. The molecular weight excluding hydrogens is 1250 g/mol. The summed E-state index contributed by atoms with van der Waals surface area (Å²) in [4.78, 5) is 27.4. The van der Waals surface area contributed by atoms with Gasteiger partial charge in [-0.15, -0.1) is 0 Å². The number of nitrogen functional groups attached to an aromatic ring is 1. The SMILES string of the molecule is COc1cc(N2CCN3CCCC[C@@H]3C2)c(-c2cnn(C)c2)cc1N.COc1cc(N2CCN3CCCC[C@@H]3C2)c(-c2cnn(C)c2)cc1Nc1ncc(Cl)c(Nc2ccc(C)c(C)c2P(C)(C)=O)n1.Cc1ccc(Nc2nc(Cl)ncc2Cl)c(P(C)(C)=O)c1C. The van der Waals surface area contributed by atoms with Gasteiger partial charge in [0.05, 0.1) is 61.8 Å². The molecule has 4 aliphatic rings. The fourth-order valence-corrected chi connectivity index (χ4v) is 16.8. The molecule has 0 bridgehead atoms. The van der Waals surface area contributed by atoms with Crippen LogP contribution in [-0.4, -0.2) is 155 Å².